The van der Waals surface area contributed by atoms with Crippen LogP contribution in [0.5, 0.6) is 5.75 Å². The fourth-order valence-electron chi connectivity index (χ4n) is 3.95. The van der Waals surface area contributed by atoms with Crippen LogP contribution < -0.4 is 4.74 Å². The monoisotopic (exact) mass is 432 g/mol. The first-order valence-corrected chi connectivity index (χ1v) is 10.7. The predicted octanol–water partition coefficient (Wildman–Crippen LogP) is 3.47. The lowest BCUT2D eigenvalue weighted by Gasteiger charge is -2.34. The number of methoxy groups -OCH3 is 1. The van der Waals surface area contributed by atoms with Gasteiger partial charge in [-0.15, -0.1) is 0 Å². The van der Waals surface area contributed by atoms with Gasteiger partial charge in [0.25, 0.3) is 5.91 Å². The summed E-state index contributed by atoms with van der Waals surface area (Å²) in [4.78, 5) is 28.8. The highest BCUT2D eigenvalue weighted by atomic mass is 16.5. The van der Waals surface area contributed by atoms with Crippen molar-refractivity contribution in [1.29, 1.82) is 0 Å². The molecule has 4 rings (SSSR count). The van der Waals surface area contributed by atoms with Crippen LogP contribution in [0.3, 0.4) is 0 Å². The van der Waals surface area contributed by atoms with E-state index < -0.39 is 0 Å². The molecule has 0 atom stereocenters. The summed E-state index contributed by atoms with van der Waals surface area (Å²) in [6, 6.07) is 15.6. The number of hydrogen-bond donors (Lipinski definition) is 0. The molecule has 0 saturated carbocycles. The van der Waals surface area contributed by atoms with Crippen LogP contribution in [-0.4, -0.2) is 64.7 Å². The third kappa shape index (κ3) is 4.23. The third-order valence-electron chi connectivity index (χ3n) is 5.92. The molecule has 3 aromatic rings. The van der Waals surface area contributed by atoms with Gasteiger partial charge < -0.3 is 14.5 Å². The highest BCUT2D eigenvalue weighted by Crippen LogP contribution is 2.26. The lowest BCUT2D eigenvalue weighted by atomic mass is 10.1. The minimum atomic E-state index is -0.0821. The Morgan fingerprint density at radius 2 is 1.56 bits per heavy atom. The molecule has 2 aromatic carbocycles. The average Bonchev–Trinajstić information content (AvgIpc) is 3.25. The second-order valence-corrected chi connectivity index (χ2v) is 8.14. The van der Waals surface area contributed by atoms with Gasteiger partial charge in [-0.3, -0.25) is 9.59 Å². The van der Waals surface area contributed by atoms with Gasteiger partial charge >= 0.3 is 0 Å². The lowest BCUT2D eigenvalue weighted by molar-refractivity contribution is -0.130. The van der Waals surface area contributed by atoms with Crippen LogP contribution in [0.25, 0.3) is 16.9 Å². The van der Waals surface area contributed by atoms with E-state index in [1.54, 1.807) is 28.5 Å². The second-order valence-electron chi connectivity index (χ2n) is 8.14. The molecular weight excluding hydrogens is 404 g/mol. The lowest BCUT2D eigenvalue weighted by Crippen LogP contribution is -2.50. The van der Waals surface area contributed by atoms with Gasteiger partial charge in [-0.1, -0.05) is 12.1 Å². The first-order chi connectivity index (χ1) is 15.4. The Morgan fingerprint density at radius 1 is 0.906 bits per heavy atom. The zero-order chi connectivity index (χ0) is 22.8. The number of ether oxygens (including phenoxy) is 1. The van der Waals surface area contributed by atoms with Crippen LogP contribution >= 0.6 is 0 Å². The molecule has 0 spiro atoms. The fourth-order valence-corrected chi connectivity index (χ4v) is 3.95. The number of amides is 2. The fraction of sp³-hybridized carbons (Fsp3) is 0.320. The Balaban J connectivity index is 1.74. The number of aryl methyl sites for hydroxylation is 2. The zero-order valence-electron chi connectivity index (χ0n) is 19.0. The largest absolute Gasteiger partial charge is 0.497 e. The summed E-state index contributed by atoms with van der Waals surface area (Å²) in [6.45, 7) is 7.72. The highest BCUT2D eigenvalue weighted by Gasteiger charge is 2.27. The van der Waals surface area contributed by atoms with Gasteiger partial charge in [0.2, 0.25) is 5.91 Å². The van der Waals surface area contributed by atoms with Crippen molar-refractivity contribution >= 4 is 11.8 Å². The predicted molar refractivity (Wildman–Crippen MR) is 123 cm³/mol. The third-order valence-corrected chi connectivity index (χ3v) is 5.92. The van der Waals surface area contributed by atoms with E-state index in [1.807, 2.05) is 56.3 Å². The van der Waals surface area contributed by atoms with Crippen LogP contribution in [0.1, 0.15) is 28.5 Å². The molecule has 7 heteroatoms. The van der Waals surface area contributed by atoms with Crippen LogP contribution in [0, 0.1) is 13.8 Å². The Morgan fingerprint density at radius 3 is 2.19 bits per heavy atom. The Kier molecular flexibility index (Phi) is 5.99. The molecule has 1 saturated heterocycles. The van der Waals surface area contributed by atoms with Gasteiger partial charge in [0.1, 0.15) is 11.4 Å². The molecule has 1 aromatic heterocycles. The van der Waals surface area contributed by atoms with Gasteiger partial charge in [0, 0.05) is 38.7 Å². The molecule has 1 aliphatic rings. The van der Waals surface area contributed by atoms with E-state index in [4.69, 9.17) is 9.84 Å². The van der Waals surface area contributed by atoms with Crippen LogP contribution in [0.15, 0.2) is 48.5 Å². The number of piperazine rings is 1. The van der Waals surface area contributed by atoms with Crippen molar-refractivity contribution in [2.24, 2.45) is 0 Å². The molecule has 7 nitrogen and oxygen atoms in total. The number of benzene rings is 2. The van der Waals surface area contributed by atoms with E-state index >= 15 is 0 Å². The quantitative estimate of drug-likeness (QED) is 0.633. The molecule has 0 aliphatic carbocycles. The molecule has 0 bridgehead atoms. The van der Waals surface area contributed by atoms with Crippen LogP contribution in [-0.2, 0) is 4.79 Å². The minimum Gasteiger partial charge on any atom is -0.497 e. The summed E-state index contributed by atoms with van der Waals surface area (Å²) in [7, 11) is 1.63. The first-order valence-electron chi connectivity index (χ1n) is 10.7. The van der Waals surface area contributed by atoms with E-state index in [-0.39, 0.29) is 11.8 Å². The Bertz CT molecular complexity index is 1140. The maximum absolute atomic E-state index is 13.6. The number of aromatic nitrogens is 2. The van der Waals surface area contributed by atoms with E-state index in [0.29, 0.717) is 31.9 Å². The van der Waals surface area contributed by atoms with Crippen molar-refractivity contribution in [3.8, 4) is 22.7 Å². The summed E-state index contributed by atoms with van der Waals surface area (Å²) in [6.07, 6.45) is 0. The van der Waals surface area contributed by atoms with Crippen molar-refractivity contribution < 1.29 is 14.3 Å². The van der Waals surface area contributed by atoms with Crippen molar-refractivity contribution in [2.45, 2.75) is 20.8 Å². The van der Waals surface area contributed by atoms with E-state index in [1.165, 1.54) is 0 Å². The minimum absolute atomic E-state index is 0.0410. The number of rotatable bonds is 4. The number of hydrogen-bond acceptors (Lipinski definition) is 4. The normalized spacial score (nSPS) is 13.9. The summed E-state index contributed by atoms with van der Waals surface area (Å²) < 4.78 is 7.01. The molecule has 0 unspecified atom stereocenters. The van der Waals surface area contributed by atoms with Gasteiger partial charge in [-0.2, -0.15) is 5.10 Å². The molecule has 1 fully saturated rings. The summed E-state index contributed by atoms with van der Waals surface area (Å²) in [5.41, 5.74) is 5.16. The second kappa shape index (κ2) is 8.86. The van der Waals surface area contributed by atoms with E-state index in [9.17, 15) is 9.59 Å². The maximum Gasteiger partial charge on any atom is 0.272 e. The van der Waals surface area contributed by atoms with E-state index in [2.05, 4.69) is 6.07 Å². The highest BCUT2D eigenvalue weighted by molar-refractivity contribution is 5.94. The molecule has 0 radical (unpaired) electrons. The summed E-state index contributed by atoms with van der Waals surface area (Å²) >= 11 is 0. The Hall–Kier alpha value is -3.61. The van der Waals surface area contributed by atoms with Crippen molar-refractivity contribution in [1.82, 2.24) is 19.6 Å². The molecule has 0 N–H and O–H groups in total. The maximum atomic E-state index is 13.6. The topological polar surface area (TPSA) is 67.7 Å². The Labute approximate surface area is 188 Å². The van der Waals surface area contributed by atoms with Crippen molar-refractivity contribution in [3.63, 3.8) is 0 Å². The summed E-state index contributed by atoms with van der Waals surface area (Å²) in [5.74, 6) is 0.725. The van der Waals surface area contributed by atoms with Gasteiger partial charge in [-0.05, 0) is 61.4 Å². The van der Waals surface area contributed by atoms with Gasteiger partial charge in [0.05, 0.1) is 18.5 Å². The molecule has 1 aliphatic heterocycles. The molecule has 32 heavy (non-hydrogen) atoms. The van der Waals surface area contributed by atoms with Crippen LogP contribution in [0.4, 0.5) is 0 Å². The standard InChI is InChI=1S/C25H28N4O3/c1-17-5-6-18(2)23(15-17)29-24(25(31)28-13-11-27(12-14-28)19(3)30)16-22(26-29)20-7-9-21(32-4)10-8-20/h5-10,15-16H,11-14H2,1-4H3. The van der Waals surface area contributed by atoms with E-state index in [0.717, 1.165) is 33.8 Å². The summed E-state index contributed by atoms with van der Waals surface area (Å²) in [5, 5.41) is 4.83. The molecule has 2 amide bonds. The zero-order valence-corrected chi connectivity index (χ0v) is 19.0. The van der Waals surface area contributed by atoms with Gasteiger partial charge in [0.15, 0.2) is 0 Å². The smallest absolute Gasteiger partial charge is 0.272 e. The van der Waals surface area contributed by atoms with Gasteiger partial charge in [-0.25, -0.2) is 4.68 Å². The molecule has 2 heterocycles. The van der Waals surface area contributed by atoms with Crippen molar-refractivity contribution in [3.05, 3.63) is 65.4 Å². The number of carbonyl (C=O) groups excluding carboxylic acids is 2. The van der Waals surface area contributed by atoms with Crippen molar-refractivity contribution in [2.75, 3.05) is 33.3 Å². The molecular formula is C25H28N4O3. The average molecular weight is 433 g/mol. The first kappa shape index (κ1) is 21.6. The SMILES string of the molecule is COc1ccc(-c2cc(C(=O)N3CCN(C(C)=O)CC3)n(-c3cc(C)ccc3C)n2)cc1. The van der Waals surface area contributed by atoms with Crippen LogP contribution in [0.2, 0.25) is 0 Å². The molecule has 166 valence electrons. The number of nitrogens with zero attached hydrogens (tertiary/aromatic N) is 4. The number of carbonyl (C=O) groups is 2.